The molecule has 0 atom stereocenters. The van der Waals surface area contributed by atoms with Gasteiger partial charge in [-0.2, -0.15) is 9.46 Å². The highest BCUT2D eigenvalue weighted by Crippen LogP contribution is 2.31. The van der Waals surface area contributed by atoms with Crippen molar-refractivity contribution in [2.24, 2.45) is 0 Å². The van der Waals surface area contributed by atoms with Gasteiger partial charge in [0, 0.05) is 44.6 Å². The molecule has 0 amide bonds. The number of fused-ring (bicyclic) bond motifs is 2. The van der Waals surface area contributed by atoms with Crippen LogP contribution in [-0.2, 0) is 9.47 Å². The summed E-state index contributed by atoms with van der Waals surface area (Å²) in [6.45, 7) is 2.05. The van der Waals surface area contributed by atoms with Gasteiger partial charge in [-0.1, -0.05) is 18.2 Å². The maximum absolute atomic E-state index is 11.8. The van der Waals surface area contributed by atoms with Crippen molar-refractivity contribution in [2.75, 3.05) is 40.6 Å². The molecule has 10 nitrogen and oxygen atoms in total. The van der Waals surface area contributed by atoms with Crippen molar-refractivity contribution in [3.63, 3.8) is 0 Å². The zero-order chi connectivity index (χ0) is 32.1. The predicted molar refractivity (Wildman–Crippen MR) is 174 cm³/mol. The zero-order valence-electron chi connectivity index (χ0n) is 25.5. The molecule has 0 N–H and O–H groups in total. The lowest BCUT2D eigenvalue weighted by Crippen LogP contribution is -2.25. The fraction of sp³-hybridized carbons (Fsp3) is 0.167. The van der Waals surface area contributed by atoms with Crippen molar-refractivity contribution >= 4 is 21.8 Å². The highest BCUT2D eigenvalue weighted by atomic mass is 16.5. The number of ether oxygens (including phenoxy) is 6. The molecule has 6 aromatic rings. The predicted octanol–water partition coefficient (Wildman–Crippen LogP) is 6.58. The van der Waals surface area contributed by atoms with E-state index in [1.165, 1.54) is 12.4 Å². The molecule has 0 saturated heterocycles. The van der Waals surface area contributed by atoms with Crippen molar-refractivity contribution in [1.29, 1.82) is 0 Å². The molecule has 0 bridgehead atoms. The Labute approximate surface area is 266 Å². The van der Waals surface area contributed by atoms with Crippen molar-refractivity contribution in [2.45, 2.75) is 0 Å². The van der Waals surface area contributed by atoms with Crippen LogP contribution in [0.1, 0.15) is 0 Å². The summed E-state index contributed by atoms with van der Waals surface area (Å²) >= 11 is 0. The van der Waals surface area contributed by atoms with Crippen LogP contribution in [0.3, 0.4) is 0 Å². The summed E-state index contributed by atoms with van der Waals surface area (Å²) in [5.41, 5.74) is 1.14. The van der Waals surface area contributed by atoms with E-state index in [1.807, 2.05) is 72.8 Å². The fourth-order valence-corrected chi connectivity index (χ4v) is 4.53. The first kappa shape index (κ1) is 31.8. The Hall–Kier alpha value is -5.58. The molecular formula is C36H34N2O8. The van der Waals surface area contributed by atoms with Crippen LogP contribution in [0.25, 0.3) is 21.8 Å². The number of methoxy groups -OCH3 is 2. The minimum absolute atomic E-state index is 0.477. The Morgan fingerprint density at radius 1 is 0.478 bits per heavy atom. The minimum Gasteiger partial charge on any atom is -0.618 e. The molecule has 236 valence electrons. The monoisotopic (exact) mass is 622 g/mol. The standard InChI is InChI=1S/2C18H17NO4/c1-21-11-12-22-14-5-2-6-15(13-14)23-18-9-3-8-17-16(18)7-4-10-19(17)20;1-21-12-13-22-14-7-9-15(10-8-14)23-18-6-2-5-17-16(18)4-3-11-19(17)20/h2-10,13H,11-12H2,1H3;2-11H,12-13H2,1H3. The topological polar surface area (TPSA) is 109 Å². The molecule has 2 heterocycles. The highest BCUT2D eigenvalue weighted by molar-refractivity contribution is 5.83. The average molecular weight is 623 g/mol. The van der Waals surface area contributed by atoms with Crippen molar-refractivity contribution < 1.29 is 37.9 Å². The number of nitrogens with zero attached hydrogens (tertiary/aromatic N) is 2. The zero-order valence-corrected chi connectivity index (χ0v) is 25.5. The second-order valence-corrected chi connectivity index (χ2v) is 9.88. The summed E-state index contributed by atoms with van der Waals surface area (Å²) in [4.78, 5) is 0. The number of hydrogen-bond acceptors (Lipinski definition) is 8. The van der Waals surface area contributed by atoms with E-state index in [2.05, 4.69) is 0 Å². The SMILES string of the molecule is COCCOc1ccc(Oc2cccc3c2ccc[n+]3[O-])cc1.COCCOc1cccc(Oc2cccc3c2ccc[n+]3[O-])c1. The van der Waals surface area contributed by atoms with Crippen LogP contribution in [0.4, 0.5) is 0 Å². The molecule has 0 unspecified atom stereocenters. The third-order valence-electron chi connectivity index (χ3n) is 6.73. The van der Waals surface area contributed by atoms with E-state index in [1.54, 1.807) is 50.6 Å². The van der Waals surface area contributed by atoms with Gasteiger partial charge in [0.15, 0.2) is 12.4 Å². The number of rotatable bonds is 12. The number of benzene rings is 4. The quantitative estimate of drug-likeness (QED) is 0.0856. The number of pyridine rings is 2. The van der Waals surface area contributed by atoms with Crippen LogP contribution >= 0.6 is 0 Å². The van der Waals surface area contributed by atoms with Gasteiger partial charge in [0.05, 0.1) is 24.0 Å². The smallest absolute Gasteiger partial charge is 0.227 e. The third-order valence-corrected chi connectivity index (χ3v) is 6.73. The Morgan fingerprint density at radius 2 is 0.957 bits per heavy atom. The Balaban J connectivity index is 0.000000181. The molecule has 0 fully saturated rings. The molecule has 0 aliphatic heterocycles. The lowest BCUT2D eigenvalue weighted by Gasteiger charge is -2.10. The lowest BCUT2D eigenvalue weighted by molar-refractivity contribution is -0.577. The summed E-state index contributed by atoms with van der Waals surface area (Å²) in [7, 11) is 3.27. The van der Waals surface area contributed by atoms with Gasteiger partial charge in [0.2, 0.25) is 11.0 Å². The second kappa shape index (κ2) is 15.9. The lowest BCUT2D eigenvalue weighted by atomic mass is 10.2. The Bertz CT molecular complexity index is 1860. The largest absolute Gasteiger partial charge is 0.618 e. The summed E-state index contributed by atoms with van der Waals surface area (Å²) in [6, 6.07) is 32.6. The van der Waals surface area contributed by atoms with E-state index >= 15 is 0 Å². The molecule has 46 heavy (non-hydrogen) atoms. The number of aromatic nitrogens is 2. The summed E-state index contributed by atoms with van der Waals surface area (Å²) in [5, 5.41) is 25.1. The Kier molecular flexibility index (Phi) is 11.0. The van der Waals surface area contributed by atoms with Gasteiger partial charge in [-0.05, 0) is 60.7 Å². The second-order valence-electron chi connectivity index (χ2n) is 9.88. The molecule has 10 heteroatoms. The van der Waals surface area contributed by atoms with Gasteiger partial charge in [-0.25, -0.2) is 0 Å². The summed E-state index contributed by atoms with van der Waals surface area (Å²) < 4.78 is 34.5. The van der Waals surface area contributed by atoms with E-state index < -0.39 is 0 Å². The minimum atomic E-state index is 0.477. The molecule has 0 saturated carbocycles. The maximum atomic E-state index is 11.8. The van der Waals surface area contributed by atoms with E-state index in [0.717, 1.165) is 26.0 Å². The van der Waals surface area contributed by atoms with E-state index in [0.29, 0.717) is 66.2 Å². The fourth-order valence-electron chi connectivity index (χ4n) is 4.53. The van der Waals surface area contributed by atoms with E-state index in [9.17, 15) is 10.4 Å². The molecule has 0 spiro atoms. The van der Waals surface area contributed by atoms with Crippen LogP contribution in [0, 0.1) is 10.4 Å². The normalized spacial score (nSPS) is 10.7. The van der Waals surface area contributed by atoms with E-state index in [4.69, 9.17) is 28.4 Å². The molecule has 6 rings (SSSR count). The first-order valence-electron chi connectivity index (χ1n) is 14.6. The molecular weight excluding hydrogens is 588 g/mol. The molecule has 4 aromatic carbocycles. The van der Waals surface area contributed by atoms with Crippen LogP contribution in [0.5, 0.6) is 34.5 Å². The first-order chi connectivity index (χ1) is 22.6. The maximum Gasteiger partial charge on any atom is 0.227 e. The molecule has 0 aliphatic rings. The van der Waals surface area contributed by atoms with Crippen LogP contribution in [0.2, 0.25) is 0 Å². The van der Waals surface area contributed by atoms with Crippen LogP contribution < -0.4 is 28.4 Å². The average Bonchev–Trinajstić information content (AvgIpc) is 3.07. The van der Waals surface area contributed by atoms with Gasteiger partial charge in [-0.15, -0.1) is 0 Å². The van der Waals surface area contributed by atoms with Gasteiger partial charge in [0.1, 0.15) is 47.7 Å². The van der Waals surface area contributed by atoms with Crippen LogP contribution in [-0.4, -0.2) is 40.6 Å². The molecule has 0 aliphatic carbocycles. The van der Waals surface area contributed by atoms with Gasteiger partial charge in [0.25, 0.3) is 0 Å². The van der Waals surface area contributed by atoms with Gasteiger partial charge in [-0.3, -0.25) is 0 Å². The van der Waals surface area contributed by atoms with Crippen molar-refractivity contribution in [3.8, 4) is 34.5 Å². The van der Waals surface area contributed by atoms with Gasteiger partial charge < -0.3 is 38.8 Å². The van der Waals surface area contributed by atoms with Crippen LogP contribution in [0.15, 0.2) is 122 Å². The van der Waals surface area contributed by atoms with Crippen molar-refractivity contribution in [3.05, 3.63) is 132 Å². The Morgan fingerprint density at radius 3 is 1.52 bits per heavy atom. The number of hydrogen-bond donors (Lipinski definition) is 0. The third kappa shape index (κ3) is 8.32. The summed E-state index contributed by atoms with van der Waals surface area (Å²) in [5.74, 6) is 4.05. The van der Waals surface area contributed by atoms with E-state index in [-0.39, 0.29) is 0 Å². The summed E-state index contributed by atoms with van der Waals surface area (Å²) in [6.07, 6.45) is 2.94. The van der Waals surface area contributed by atoms with Crippen molar-refractivity contribution in [1.82, 2.24) is 0 Å². The molecule has 2 aromatic heterocycles. The first-order valence-corrected chi connectivity index (χ1v) is 14.6. The molecule has 0 radical (unpaired) electrons. The highest BCUT2D eigenvalue weighted by Gasteiger charge is 2.11. The van der Waals surface area contributed by atoms with Gasteiger partial charge >= 0.3 is 0 Å².